The van der Waals surface area contributed by atoms with Gasteiger partial charge in [-0.25, -0.2) is 9.97 Å². The van der Waals surface area contributed by atoms with Crippen LogP contribution < -0.4 is 5.73 Å². The fraction of sp³-hybridized carbons (Fsp3) is 0.0455. The third-order valence-electron chi connectivity index (χ3n) is 4.33. The van der Waals surface area contributed by atoms with Gasteiger partial charge in [-0.15, -0.1) is 11.3 Å². The number of anilines is 1. The van der Waals surface area contributed by atoms with Crippen LogP contribution in [0.5, 0.6) is 0 Å². The lowest BCUT2D eigenvalue weighted by atomic mass is 10.0. The van der Waals surface area contributed by atoms with Gasteiger partial charge in [-0.1, -0.05) is 66.7 Å². The number of aryl methyl sites for hydroxylation is 1. The van der Waals surface area contributed by atoms with Gasteiger partial charge in [-0.3, -0.25) is 4.98 Å². The Morgan fingerprint density at radius 3 is 2.11 bits per heavy atom. The maximum atomic E-state index is 6.27. The Morgan fingerprint density at radius 2 is 1.52 bits per heavy atom. The van der Waals surface area contributed by atoms with Crippen molar-refractivity contribution in [2.24, 2.45) is 0 Å². The van der Waals surface area contributed by atoms with Gasteiger partial charge in [0.1, 0.15) is 5.69 Å². The first-order valence-corrected chi connectivity index (χ1v) is 9.40. The smallest absolute Gasteiger partial charge is 0.151 e. The van der Waals surface area contributed by atoms with Crippen LogP contribution in [0.4, 0.5) is 5.82 Å². The highest BCUT2D eigenvalue weighted by Crippen LogP contribution is 2.35. The van der Waals surface area contributed by atoms with Crippen molar-refractivity contribution >= 4 is 23.2 Å². The lowest BCUT2D eigenvalue weighted by Gasteiger charge is -2.13. The van der Waals surface area contributed by atoms with E-state index in [0.717, 1.165) is 33.0 Å². The number of benzene rings is 2. The van der Waals surface area contributed by atoms with E-state index in [-0.39, 0.29) is 0 Å². The van der Waals surface area contributed by atoms with Gasteiger partial charge in [0.05, 0.1) is 21.8 Å². The zero-order valence-electron chi connectivity index (χ0n) is 14.9. The molecule has 4 aromatic rings. The van der Waals surface area contributed by atoms with Gasteiger partial charge in [-0.05, 0) is 12.5 Å². The van der Waals surface area contributed by atoms with Crippen molar-refractivity contribution in [2.45, 2.75) is 6.92 Å². The van der Waals surface area contributed by atoms with Crippen molar-refractivity contribution in [1.82, 2.24) is 15.0 Å². The van der Waals surface area contributed by atoms with Gasteiger partial charge in [0.15, 0.2) is 5.82 Å². The van der Waals surface area contributed by atoms with Gasteiger partial charge in [0.2, 0.25) is 0 Å². The average molecular weight is 370 g/mol. The van der Waals surface area contributed by atoms with Gasteiger partial charge in [0, 0.05) is 17.3 Å². The average Bonchev–Trinajstić information content (AvgIpc) is 3.23. The molecule has 2 heterocycles. The zero-order valence-corrected chi connectivity index (χ0v) is 15.7. The summed E-state index contributed by atoms with van der Waals surface area (Å²) < 4.78 is 0. The number of nitrogens with two attached hydrogens (primary N) is 1. The van der Waals surface area contributed by atoms with Crippen molar-refractivity contribution in [3.05, 3.63) is 77.9 Å². The summed E-state index contributed by atoms with van der Waals surface area (Å²) >= 11 is 1.50. The fourth-order valence-electron chi connectivity index (χ4n) is 2.85. The van der Waals surface area contributed by atoms with E-state index in [4.69, 9.17) is 15.7 Å². The molecule has 0 saturated heterocycles. The fourth-order valence-corrected chi connectivity index (χ4v) is 3.47. The molecule has 4 nitrogen and oxygen atoms in total. The summed E-state index contributed by atoms with van der Waals surface area (Å²) in [5.74, 6) is 0.401. The Kier molecular flexibility index (Phi) is 4.52. The number of nitrogen functional groups attached to an aromatic ring is 1. The molecule has 2 aromatic heterocycles. The molecule has 27 heavy (non-hydrogen) atoms. The number of hydrogen-bond donors (Lipinski definition) is 1. The van der Waals surface area contributed by atoms with E-state index in [9.17, 15) is 0 Å². The van der Waals surface area contributed by atoms with Crippen LogP contribution in [-0.4, -0.2) is 15.0 Å². The number of thiazole rings is 1. The normalized spacial score (nSPS) is 10.7. The summed E-state index contributed by atoms with van der Waals surface area (Å²) in [5.41, 5.74) is 14.5. The molecule has 0 unspecified atom stereocenters. The molecular formula is C22H18N4S. The molecule has 0 fully saturated rings. The molecule has 0 radical (unpaired) electrons. The van der Waals surface area contributed by atoms with Crippen LogP contribution in [0.1, 0.15) is 11.1 Å². The number of aromatic nitrogens is 3. The Morgan fingerprint density at radius 1 is 0.889 bits per heavy atom. The van der Waals surface area contributed by atoms with Crippen LogP contribution in [0.2, 0.25) is 0 Å². The van der Waals surface area contributed by atoms with Crippen molar-refractivity contribution in [1.29, 1.82) is 0 Å². The predicted molar refractivity (Wildman–Crippen MR) is 113 cm³/mol. The largest absolute Gasteiger partial charge is 0.382 e. The summed E-state index contributed by atoms with van der Waals surface area (Å²) in [5, 5.41) is 0. The van der Waals surface area contributed by atoms with E-state index in [1.165, 1.54) is 16.9 Å². The lowest BCUT2D eigenvalue weighted by molar-refractivity contribution is 1.22. The molecule has 0 aliphatic carbocycles. The second-order valence-corrected chi connectivity index (χ2v) is 7.10. The number of nitrogens with zero attached hydrogens (tertiary/aromatic N) is 3. The third-order valence-corrected chi connectivity index (χ3v) is 5.11. The maximum absolute atomic E-state index is 6.27. The molecule has 0 bridgehead atoms. The van der Waals surface area contributed by atoms with Crippen LogP contribution in [0.3, 0.4) is 0 Å². The van der Waals surface area contributed by atoms with Crippen LogP contribution in [-0.2, 0) is 0 Å². The van der Waals surface area contributed by atoms with Gasteiger partial charge in [0.25, 0.3) is 0 Å². The van der Waals surface area contributed by atoms with E-state index in [2.05, 4.69) is 42.8 Å². The van der Waals surface area contributed by atoms with E-state index < -0.39 is 0 Å². The Balaban J connectivity index is 1.94. The molecule has 0 spiro atoms. The van der Waals surface area contributed by atoms with E-state index in [0.29, 0.717) is 11.5 Å². The van der Waals surface area contributed by atoms with Crippen LogP contribution >= 0.6 is 11.3 Å². The number of hydrogen-bond acceptors (Lipinski definition) is 5. The highest BCUT2D eigenvalue weighted by Gasteiger charge is 2.17. The second kappa shape index (κ2) is 7.13. The van der Waals surface area contributed by atoms with Gasteiger partial charge in [-0.2, -0.15) is 0 Å². The third kappa shape index (κ3) is 3.37. The zero-order chi connectivity index (χ0) is 18.8. The maximum Gasteiger partial charge on any atom is 0.151 e. The molecule has 0 atom stereocenters. The molecule has 0 saturated carbocycles. The molecule has 0 aliphatic heterocycles. The minimum Gasteiger partial charge on any atom is -0.382 e. The summed E-state index contributed by atoms with van der Waals surface area (Å²) in [4.78, 5) is 14.7. The monoisotopic (exact) mass is 370 g/mol. The van der Waals surface area contributed by atoms with Gasteiger partial charge >= 0.3 is 0 Å². The van der Waals surface area contributed by atoms with Crippen LogP contribution in [0, 0.1) is 6.92 Å². The molecular weight excluding hydrogens is 352 g/mol. The SMILES string of the molecule is C=Cc1ccc(-c2nc(N)c(-c3cncs3)nc2-c2ccc(C)cc2)cc1. The van der Waals surface area contributed by atoms with Gasteiger partial charge < -0.3 is 5.73 Å². The van der Waals surface area contributed by atoms with Crippen molar-refractivity contribution in [2.75, 3.05) is 5.73 Å². The Labute approximate surface area is 162 Å². The molecule has 4 rings (SSSR count). The number of rotatable bonds is 4. The van der Waals surface area contributed by atoms with E-state index >= 15 is 0 Å². The summed E-state index contributed by atoms with van der Waals surface area (Å²) in [6, 6.07) is 16.3. The van der Waals surface area contributed by atoms with E-state index in [1.54, 1.807) is 11.7 Å². The van der Waals surface area contributed by atoms with Crippen LogP contribution in [0.25, 0.3) is 39.2 Å². The molecule has 2 N–H and O–H groups in total. The summed E-state index contributed by atoms with van der Waals surface area (Å²) in [6.45, 7) is 5.87. The summed E-state index contributed by atoms with van der Waals surface area (Å²) in [7, 11) is 0. The first kappa shape index (κ1) is 17.1. The highest BCUT2D eigenvalue weighted by atomic mass is 32.1. The van der Waals surface area contributed by atoms with Crippen LogP contribution in [0.15, 0.2) is 66.8 Å². The Hall–Kier alpha value is -3.31. The second-order valence-electron chi connectivity index (χ2n) is 6.21. The molecule has 0 amide bonds. The standard InChI is InChI=1S/C22H18N4S/c1-3-15-6-10-17(11-7-15)20-19(16-8-4-14(2)5-9-16)25-21(22(23)26-20)18-12-24-13-27-18/h3-13H,1H2,2H3,(H2,23,26). The first-order chi connectivity index (χ1) is 13.2. The summed E-state index contributed by atoms with van der Waals surface area (Å²) in [6.07, 6.45) is 3.58. The minimum atomic E-state index is 0.401. The quantitative estimate of drug-likeness (QED) is 0.517. The van der Waals surface area contributed by atoms with Crippen molar-refractivity contribution < 1.29 is 0 Å². The van der Waals surface area contributed by atoms with Crippen molar-refractivity contribution in [3.8, 4) is 33.1 Å². The molecule has 132 valence electrons. The topological polar surface area (TPSA) is 64.7 Å². The Bertz CT molecular complexity index is 1080. The molecule has 2 aromatic carbocycles. The van der Waals surface area contributed by atoms with E-state index in [1.807, 2.05) is 30.3 Å². The predicted octanol–water partition coefficient (Wildman–Crippen LogP) is 5.47. The molecule has 5 heteroatoms. The lowest BCUT2D eigenvalue weighted by Crippen LogP contribution is -2.02. The van der Waals surface area contributed by atoms with Crippen molar-refractivity contribution in [3.63, 3.8) is 0 Å². The first-order valence-electron chi connectivity index (χ1n) is 8.52. The minimum absolute atomic E-state index is 0.401. The molecule has 0 aliphatic rings. The highest BCUT2D eigenvalue weighted by molar-refractivity contribution is 7.13.